The Morgan fingerprint density at radius 2 is 1.46 bits per heavy atom. The maximum absolute atomic E-state index is 14.5. The number of hydrogen-bond acceptors (Lipinski definition) is 6. The van der Waals surface area contributed by atoms with E-state index in [0.29, 0.717) is 32.6 Å². The average molecular weight is 692 g/mol. The van der Waals surface area contributed by atoms with Crippen LogP contribution in [0.3, 0.4) is 0 Å². The molecule has 0 aliphatic heterocycles. The molecule has 3 heterocycles. The first kappa shape index (κ1) is 34.9. The van der Waals surface area contributed by atoms with Crippen LogP contribution < -0.4 is 4.90 Å². The van der Waals surface area contributed by atoms with Crippen LogP contribution in [0.25, 0.3) is 28.0 Å². The highest BCUT2D eigenvalue weighted by Gasteiger charge is 2.36. The molecule has 6 rings (SSSR count). The van der Waals surface area contributed by atoms with E-state index in [2.05, 4.69) is 55.2 Å². The molecule has 0 radical (unpaired) electrons. The summed E-state index contributed by atoms with van der Waals surface area (Å²) in [6.07, 6.45) is 9.76. The topological polar surface area (TPSA) is 64.8 Å². The van der Waals surface area contributed by atoms with Gasteiger partial charge >= 0.3 is 0 Å². The van der Waals surface area contributed by atoms with Crippen LogP contribution in [-0.2, 0) is 9.47 Å². The summed E-state index contributed by atoms with van der Waals surface area (Å²) < 4.78 is 43.6. The molecule has 1 aromatic carbocycles. The van der Waals surface area contributed by atoms with Crippen molar-refractivity contribution >= 4 is 27.6 Å². The highest BCUT2D eigenvalue weighted by atomic mass is 28.3. The van der Waals surface area contributed by atoms with Crippen molar-refractivity contribution in [2.45, 2.75) is 89.4 Å². The lowest BCUT2D eigenvalue weighted by Crippen LogP contribution is -2.33. The summed E-state index contributed by atoms with van der Waals surface area (Å²) in [4.78, 5) is 11.9. The molecule has 0 saturated heterocycles. The third kappa shape index (κ3) is 8.41. The Labute approximate surface area is 286 Å². The van der Waals surface area contributed by atoms with Crippen LogP contribution in [0, 0.1) is 23.5 Å². The first-order chi connectivity index (χ1) is 22.8. The zero-order valence-electron chi connectivity index (χ0n) is 29.4. The Morgan fingerprint density at radius 3 is 2.02 bits per heavy atom. The van der Waals surface area contributed by atoms with Gasteiger partial charge in [0.15, 0.2) is 5.65 Å². The quantitative estimate of drug-likeness (QED) is 0.0746. The predicted molar refractivity (Wildman–Crippen MR) is 195 cm³/mol. The van der Waals surface area contributed by atoms with Crippen LogP contribution in [0.4, 0.5) is 14.6 Å². The zero-order valence-corrected chi connectivity index (χ0v) is 31.4. The van der Waals surface area contributed by atoms with Crippen molar-refractivity contribution < 1.29 is 18.3 Å². The molecule has 7 nitrogen and oxygen atoms in total. The second-order valence-electron chi connectivity index (χ2n) is 16.3. The Balaban J connectivity index is 1.37. The molecule has 258 valence electrons. The van der Waals surface area contributed by atoms with Crippen LogP contribution in [-0.4, -0.2) is 62.4 Å². The summed E-state index contributed by atoms with van der Waals surface area (Å²) in [5.41, 5.74) is 3.55. The number of pyridine rings is 1. The smallest absolute Gasteiger partial charge is 0.165 e. The van der Waals surface area contributed by atoms with E-state index < -0.39 is 27.8 Å². The zero-order chi connectivity index (χ0) is 34.1. The number of ether oxygens (including phenoxy) is 2. The standard InChI is InChI=1S/C37H51F2N5O2Si2/c1-47(2,3)16-14-45-24-43(25-46-15-17-48(4,5)6)35-21-34(29-19-26-10-11-27(18-26)20-29)42-37-30(23-41-44(35)37)28-12-13-33(40-22-28)36-31(38)8-7-9-32(36)39/h7-9,12-13,21-23,26-27,29H,10-11,14-20,24-25H2,1-6H3/t26-,27+,29+. The summed E-state index contributed by atoms with van der Waals surface area (Å²) in [6.45, 7) is 16.4. The average Bonchev–Trinajstić information content (AvgIpc) is 3.61. The summed E-state index contributed by atoms with van der Waals surface area (Å²) in [7, 11) is -2.51. The van der Waals surface area contributed by atoms with Crippen LogP contribution in [0.1, 0.15) is 43.7 Å². The molecule has 2 bridgehead atoms. The number of fused-ring (bicyclic) bond motifs is 3. The van der Waals surface area contributed by atoms with Gasteiger partial charge in [0.05, 0.1) is 17.5 Å². The number of benzene rings is 1. The van der Waals surface area contributed by atoms with E-state index in [4.69, 9.17) is 19.6 Å². The molecule has 3 aromatic heterocycles. The molecule has 48 heavy (non-hydrogen) atoms. The van der Waals surface area contributed by atoms with Gasteiger partial charge in [-0.1, -0.05) is 64.3 Å². The maximum Gasteiger partial charge on any atom is 0.165 e. The van der Waals surface area contributed by atoms with Gasteiger partial charge in [0.2, 0.25) is 0 Å². The Bertz CT molecular complexity index is 1650. The summed E-state index contributed by atoms with van der Waals surface area (Å²) in [5.74, 6) is 1.54. The summed E-state index contributed by atoms with van der Waals surface area (Å²) in [6, 6.07) is 11.8. The molecule has 2 aliphatic rings. The molecular formula is C37H51F2N5O2Si2. The Kier molecular flexibility index (Phi) is 10.5. The van der Waals surface area contributed by atoms with Crippen molar-refractivity contribution in [1.29, 1.82) is 0 Å². The Hall–Kier alpha value is -3.00. The molecule has 4 aromatic rings. The number of anilines is 1. The number of hydrogen-bond donors (Lipinski definition) is 0. The largest absolute Gasteiger partial charge is 0.361 e. The van der Waals surface area contributed by atoms with E-state index in [1.807, 2.05) is 16.8 Å². The number of rotatable bonds is 14. The van der Waals surface area contributed by atoms with Crippen molar-refractivity contribution in [3.63, 3.8) is 0 Å². The van der Waals surface area contributed by atoms with E-state index in [1.165, 1.54) is 37.5 Å². The molecule has 2 aliphatic carbocycles. The first-order valence-corrected chi connectivity index (χ1v) is 25.0. The third-order valence-electron chi connectivity index (χ3n) is 9.88. The highest BCUT2D eigenvalue weighted by Crippen LogP contribution is 2.48. The van der Waals surface area contributed by atoms with E-state index in [-0.39, 0.29) is 11.3 Å². The molecule has 2 saturated carbocycles. The molecule has 3 atom stereocenters. The molecular weight excluding hydrogens is 641 g/mol. The van der Waals surface area contributed by atoms with Crippen molar-refractivity contribution in [1.82, 2.24) is 19.6 Å². The van der Waals surface area contributed by atoms with Gasteiger partial charge in [0, 0.05) is 64.4 Å². The van der Waals surface area contributed by atoms with Crippen LogP contribution in [0.2, 0.25) is 51.4 Å². The molecule has 11 heteroatoms. The SMILES string of the molecule is C[Si](C)(C)CCOCN(COCC[Si](C)(C)C)c1cc([C@H]2C[C@@H]3CC[C@@H](C3)C2)nc2c(-c3ccc(-c4c(F)cccc4F)nc3)cnn12. The maximum atomic E-state index is 14.5. The molecule has 0 unspecified atom stereocenters. The number of aromatic nitrogens is 4. The van der Waals surface area contributed by atoms with Gasteiger partial charge in [-0.05, 0) is 61.4 Å². The van der Waals surface area contributed by atoms with E-state index in [9.17, 15) is 8.78 Å². The third-order valence-corrected chi connectivity index (χ3v) is 13.3. The predicted octanol–water partition coefficient (Wildman–Crippen LogP) is 9.46. The van der Waals surface area contributed by atoms with Crippen molar-refractivity contribution in [3.8, 4) is 22.4 Å². The Morgan fingerprint density at radius 1 is 0.833 bits per heavy atom. The lowest BCUT2D eigenvalue weighted by atomic mass is 9.79. The fraction of sp³-hybridized carbons (Fsp3) is 0.541. The monoisotopic (exact) mass is 691 g/mol. The van der Waals surface area contributed by atoms with E-state index in [0.717, 1.165) is 65.1 Å². The van der Waals surface area contributed by atoms with Gasteiger partial charge in [-0.3, -0.25) is 4.98 Å². The van der Waals surface area contributed by atoms with Crippen LogP contribution in [0.5, 0.6) is 0 Å². The van der Waals surface area contributed by atoms with Gasteiger partial charge in [-0.2, -0.15) is 9.61 Å². The van der Waals surface area contributed by atoms with Gasteiger partial charge in [-0.25, -0.2) is 13.8 Å². The number of halogens is 2. The normalized spacial score (nSPS) is 19.7. The van der Waals surface area contributed by atoms with Gasteiger partial charge in [0.1, 0.15) is 30.9 Å². The lowest BCUT2D eigenvalue weighted by molar-refractivity contribution is 0.0942. The molecule has 0 amide bonds. The van der Waals surface area contributed by atoms with Crippen LogP contribution in [0.15, 0.2) is 48.8 Å². The molecule has 2 fully saturated rings. The van der Waals surface area contributed by atoms with Gasteiger partial charge in [0.25, 0.3) is 0 Å². The highest BCUT2D eigenvalue weighted by molar-refractivity contribution is 6.76. The number of nitrogens with zero attached hydrogens (tertiary/aromatic N) is 5. The van der Waals surface area contributed by atoms with Crippen molar-refractivity contribution in [2.24, 2.45) is 11.8 Å². The second-order valence-corrected chi connectivity index (χ2v) is 27.6. The van der Waals surface area contributed by atoms with Crippen molar-refractivity contribution in [3.05, 3.63) is 66.1 Å². The van der Waals surface area contributed by atoms with Crippen LogP contribution >= 0.6 is 0 Å². The fourth-order valence-electron chi connectivity index (χ4n) is 7.07. The minimum atomic E-state index is -1.25. The van der Waals surface area contributed by atoms with E-state index >= 15 is 0 Å². The minimum Gasteiger partial charge on any atom is -0.361 e. The molecule has 0 spiro atoms. The lowest BCUT2D eigenvalue weighted by Gasteiger charge is -2.30. The summed E-state index contributed by atoms with van der Waals surface area (Å²) in [5, 5.41) is 4.86. The minimum absolute atomic E-state index is 0.127. The second kappa shape index (κ2) is 14.5. The fourth-order valence-corrected chi connectivity index (χ4v) is 8.59. The first-order valence-electron chi connectivity index (χ1n) is 17.5. The summed E-state index contributed by atoms with van der Waals surface area (Å²) >= 11 is 0. The van der Waals surface area contributed by atoms with Crippen molar-refractivity contribution in [2.75, 3.05) is 31.6 Å². The molecule has 0 N–H and O–H groups in total. The van der Waals surface area contributed by atoms with Gasteiger partial charge < -0.3 is 14.4 Å². The van der Waals surface area contributed by atoms with E-state index in [1.54, 1.807) is 12.3 Å². The van der Waals surface area contributed by atoms with Gasteiger partial charge in [-0.15, -0.1) is 0 Å².